The molecule has 2 N–H and O–H groups in total. The van der Waals surface area contributed by atoms with Crippen molar-refractivity contribution in [3.8, 4) is 16.3 Å². The molecule has 0 aliphatic rings. The van der Waals surface area contributed by atoms with Crippen LogP contribution in [0, 0.1) is 12.8 Å². The van der Waals surface area contributed by atoms with E-state index < -0.39 is 6.04 Å². The molecule has 1 unspecified atom stereocenters. The molecule has 0 saturated heterocycles. The van der Waals surface area contributed by atoms with Gasteiger partial charge in [-0.15, -0.1) is 10.2 Å². The molecule has 3 rings (SSSR count). The van der Waals surface area contributed by atoms with Gasteiger partial charge >= 0.3 is 0 Å². The first-order valence-corrected chi connectivity index (χ1v) is 10.4. The Hall–Kier alpha value is -3.26. The molecule has 0 bridgehead atoms. The van der Waals surface area contributed by atoms with E-state index in [2.05, 4.69) is 20.8 Å². The first-order valence-electron chi connectivity index (χ1n) is 9.61. The molecule has 1 heterocycles. The van der Waals surface area contributed by atoms with Crippen LogP contribution in [0.2, 0.25) is 0 Å². The Kier molecular flexibility index (Phi) is 7.13. The number of aromatic nitrogens is 2. The van der Waals surface area contributed by atoms with E-state index in [-0.39, 0.29) is 24.3 Å². The summed E-state index contributed by atoms with van der Waals surface area (Å²) in [6.07, 6.45) is 0. The number of carbonyl (C=O) groups excluding carboxylic acids is 2. The van der Waals surface area contributed by atoms with Gasteiger partial charge in [-0.1, -0.05) is 67.1 Å². The maximum absolute atomic E-state index is 12.7. The van der Waals surface area contributed by atoms with Crippen LogP contribution in [0.3, 0.4) is 0 Å². The third-order valence-corrected chi connectivity index (χ3v) is 5.19. The first kappa shape index (κ1) is 21.4. The Morgan fingerprint density at radius 1 is 1.07 bits per heavy atom. The van der Waals surface area contributed by atoms with Gasteiger partial charge in [-0.2, -0.15) is 0 Å². The Bertz CT molecular complexity index is 1000. The number of hydrogen-bond acceptors (Lipinski definition) is 6. The van der Waals surface area contributed by atoms with Crippen LogP contribution in [0.1, 0.15) is 19.4 Å². The molecule has 0 aliphatic heterocycles. The summed E-state index contributed by atoms with van der Waals surface area (Å²) >= 11 is 1.29. The van der Waals surface area contributed by atoms with Crippen LogP contribution >= 0.6 is 11.3 Å². The molecule has 0 saturated carbocycles. The lowest BCUT2D eigenvalue weighted by Gasteiger charge is -2.21. The standard InChI is InChI=1S/C22H24N4O3S/c1-14(2)19(23-18(27)13-29-17-10-5-4-6-11-17)20(28)24-22-26-25-21(30-22)16-9-7-8-15(3)12-16/h4-12,14,19H,13H2,1-3H3,(H,23,27)(H,24,26,28). The van der Waals surface area contributed by atoms with E-state index >= 15 is 0 Å². The predicted octanol–water partition coefficient (Wildman–Crippen LogP) is 3.67. The van der Waals surface area contributed by atoms with Crippen LogP contribution < -0.4 is 15.4 Å². The van der Waals surface area contributed by atoms with Gasteiger partial charge in [0.2, 0.25) is 11.0 Å². The molecule has 8 heteroatoms. The van der Waals surface area contributed by atoms with Crippen LogP contribution in [0.25, 0.3) is 10.6 Å². The zero-order valence-corrected chi connectivity index (χ0v) is 17.9. The Morgan fingerprint density at radius 2 is 1.83 bits per heavy atom. The Morgan fingerprint density at radius 3 is 2.53 bits per heavy atom. The molecule has 1 aromatic heterocycles. The predicted molar refractivity (Wildman–Crippen MR) is 117 cm³/mol. The van der Waals surface area contributed by atoms with E-state index in [1.165, 1.54) is 11.3 Å². The van der Waals surface area contributed by atoms with Crippen LogP contribution in [-0.4, -0.2) is 34.7 Å². The summed E-state index contributed by atoms with van der Waals surface area (Å²) in [5.41, 5.74) is 2.06. The van der Waals surface area contributed by atoms with Gasteiger partial charge in [0.05, 0.1) is 0 Å². The molecule has 7 nitrogen and oxygen atoms in total. The lowest BCUT2D eigenvalue weighted by molar-refractivity contribution is -0.128. The number of aryl methyl sites for hydroxylation is 1. The van der Waals surface area contributed by atoms with E-state index in [0.717, 1.165) is 16.1 Å². The van der Waals surface area contributed by atoms with Crippen LogP contribution in [0.5, 0.6) is 5.75 Å². The molecular formula is C22H24N4O3S. The van der Waals surface area contributed by atoms with Gasteiger partial charge in [-0.3, -0.25) is 14.9 Å². The SMILES string of the molecule is Cc1cccc(-c2nnc(NC(=O)C(NC(=O)COc3ccccc3)C(C)C)s2)c1. The zero-order chi connectivity index (χ0) is 21.5. The minimum Gasteiger partial charge on any atom is -0.484 e. The highest BCUT2D eigenvalue weighted by atomic mass is 32.1. The van der Waals surface area contributed by atoms with E-state index in [1.807, 2.05) is 63.2 Å². The van der Waals surface area contributed by atoms with Crippen LogP contribution in [0.15, 0.2) is 54.6 Å². The molecule has 0 radical (unpaired) electrons. The van der Waals surface area contributed by atoms with Crippen molar-refractivity contribution >= 4 is 28.3 Å². The maximum atomic E-state index is 12.7. The highest BCUT2D eigenvalue weighted by Gasteiger charge is 2.25. The molecular weight excluding hydrogens is 400 g/mol. The summed E-state index contributed by atoms with van der Waals surface area (Å²) in [6, 6.07) is 16.2. The number of rotatable bonds is 8. The number of hydrogen-bond donors (Lipinski definition) is 2. The third kappa shape index (κ3) is 5.87. The molecule has 156 valence electrons. The fraction of sp³-hybridized carbons (Fsp3) is 0.273. The van der Waals surface area contributed by atoms with Crippen molar-refractivity contribution in [3.05, 3.63) is 60.2 Å². The summed E-state index contributed by atoms with van der Waals surface area (Å²) in [7, 11) is 0. The Balaban J connectivity index is 1.59. The van der Waals surface area contributed by atoms with Gasteiger partial charge in [0.1, 0.15) is 16.8 Å². The normalized spacial score (nSPS) is 11.7. The fourth-order valence-electron chi connectivity index (χ4n) is 2.77. The second-order valence-corrected chi connectivity index (χ2v) is 8.14. The van der Waals surface area contributed by atoms with Gasteiger partial charge in [-0.05, 0) is 31.0 Å². The van der Waals surface area contributed by atoms with Crippen LogP contribution in [0.4, 0.5) is 5.13 Å². The van der Waals surface area contributed by atoms with Crippen molar-refractivity contribution in [2.45, 2.75) is 26.8 Å². The number of para-hydroxylation sites is 1. The number of anilines is 1. The number of ether oxygens (including phenoxy) is 1. The quantitative estimate of drug-likeness (QED) is 0.575. The van der Waals surface area contributed by atoms with Gasteiger partial charge in [-0.25, -0.2) is 0 Å². The second-order valence-electron chi connectivity index (χ2n) is 7.16. The number of nitrogens with zero attached hydrogens (tertiary/aromatic N) is 2. The Labute approximate surface area is 179 Å². The topological polar surface area (TPSA) is 93.2 Å². The zero-order valence-electron chi connectivity index (χ0n) is 17.1. The summed E-state index contributed by atoms with van der Waals surface area (Å²) < 4.78 is 5.44. The maximum Gasteiger partial charge on any atom is 0.258 e. The molecule has 2 amide bonds. The average molecular weight is 425 g/mol. The van der Waals surface area contributed by atoms with Crippen molar-refractivity contribution in [2.75, 3.05) is 11.9 Å². The molecule has 2 aromatic carbocycles. The van der Waals surface area contributed by atoms with Crippen molar-refractivity contribution in [1.29, 1.82) is 0 Å². The van der Waals surface area contributed by atoms with Crippen molar-refractivity contribution in [1.82, 2.24) is 15.5 Å². The number of benzene rings is 2. The van der Waals surface area contributed by atoms with Gasteiger partial charge in [0, 0.05) is 5.56 Å². The van der Waals surface area contributed by atoms with E-state index in [4.69, 9.17) is 4.74 Å². The molecule has 3 aromatic rings. The summed E-state index contributed by atoms with van der Waals surface area (Å²) in [6.45, 7) is 5.56. The third-order valence-electron chi connectivity index (χ3n) is 4.30. The second kappa shape index (κ2) is 9.98. The molecule has 30 heavy (non-hydrogen) atoms. The summed E-state index contributed by atoms with van der Waals surface area (Å²) in [5, 5.41) is 14.8. The van der Waals surface area contributed by atoms with Crippen molar-refractivity contribution in [3.63, 3.8) is 0 Å². The van der Waals surface area contributed by atoms with E-state index in [9.17, 15) is 9.59 Å². The van der Waals surface area contributed by atoms with E-state index in [0.29, 0.717) is 10.9 Å². The van der Waals surface area contributed by atoms with Crippen molar-refractivity contribution in [2.24, 2.45) is 5.92 Å². The minimum absolute atomic E-state index is 0.116. The molecule has 0 fully saturated rings. The summed E-state index contributed by atoms with van der Waals surface area (Å²) in [5.74, 6) is -0.235. The monoisotopic (exact) mass is 424 g/mol. The van der Waals surface area contributed by atoms with Gasteiger partial charge in [0.15, 0.2) is 6.61 Å². The smallest absolute Gasteiger partial charge is 0.258 e. The fourth-order valence-corrected chi connectivity index (χ4v) is 3.51. The lowest BCUT2D eigenvalue weighted by atomic mass is 10.0. The summed E-state index contributed by atoms with van der Waals surface area (Å²) in [4.78, 5) is 25.0. The van der Waals surface area contributed by atoms with Crippen LogP contribution in [-0.2, 0) is 9.59 Å². The van der Waals surface area contributed by atoms with Gasteiger partial charge in [0.25, 0.3) is 5.91 Å². The first-order chi connectivity index (χ1) is 14.4. The number of nitrogens with one attached hydrogen (secondary N) is 2. The lowest BCUT2D eigenvalue weighted by Crippen LogP contribution is -2.48. The van der Waals surface area contributed by atoms with Gasteiger partial charge < -0.3 is 10.1 Å². The number of amides is 2. The molecule has 1 atom stereocenters. The average Bonchev–Trinajstić information content (AvgIpc) is 3.19. The van der Waals surface area contributed by atoms with Crippen molar-refractivity contribution < 1.29 is 14.3 Å². The largest absolute Gasteiger partial charge is 0.484 e. The molecule has 0 aliphatic carbocycles. The minimum atomic E-state index is -0.719. The van der Waals surface area contributed by atoms with E-state index in [1.54, 1.807) is 12.1 Å². The highest BCUT2D eigenvalue weighted by molar-refractivity contribution is 7.18. The highest BCUT2D eigenvalue weighted by Crippen LogP contribution is 2.27. The number of carbonyl (C=O) groups is 2. The molecule has 0 spiro atoms.